The maximum Gasteiger partial charge on any atom is 0.220 e. The minimum atomic E-state index is 0.141. The van der Waals surface area contributed by atoms with Gasteiger partial charge in [-0.25, -0.2) is 0 Å². The molecule has 0 radical (unpaired) electrons. The molecule has 0 bridgehead atoms. The highest BCUT2D eigenvalue weighted by Gasteiger charge is 2.21. The van der Waals surface area contributed by atoms with Crippen molar-refractivity contribution in [2.75, 3.05) is 19.6 Å². The molecule has 0 saturated heterocycles. The van der Waals surface area contributed by atoms with Crippen molar-refractivity contribution < 1.29 is 4.79 Å². The van der Waals surface area contributed by atoms with E-state index in [1.807, 2.05) is 18.2 Å². The summed E-state index contributed by atoms with van der Waals surface area (Å²) in [6.07, 6.45) is 5.66. The first-order valence-electron chi connectivity index (χ1n) is 11.1. The van der Waals surface area contributed by atoms with E-state index in [2.05, 4.69) is 56.0 Å². The molecule has 0 saturated carbocycles. The van der Waals surface area contributed by atoms with E-state index in [4.69, 9.17) is 11.6 Å². The van der Waals surface area contributed by atoms with Gasteiger partial charge in [-0.3, -0.25) is 4.79 Å². The highest BCUT2D eigenvalue weighted by Crippen LogP contribution is 2.34. The second-order valence-electron chi connectivity index (χ2n) is 8.60. The van der Waals surface area contributed by atoms with Crippen LogP contribution in [0.15, 0.2) is 24.4 Å². The summed E-state index contributed by atoms with van der Waals surface area (Å²) in [6, 6.07) is 6.11. The number of nitrogens with zero attached hydrogens (tertiary/aromatic N) is 1. The summed E-state index contributed by atoms with van der Waals surface area (Å²) in [7, 11) is 0. The quantitative estimate of drug-likeness (QED) is 0.445. The lowest BCUT2D eigenvalue weighted by atomic mass is 9.87. The van der Waals surface area contributed by atoms with Crippen molar-refractivity contribution >= 4 is 28.4 Å². The number of fused-ring (bicyclic) bond motifs is 1. The van der Waals surface area contributed by atoms with Crippen LogP contribution in [0.3, 0.4) is 0 Å². The Kier molecular flexibility index (Phi) is 9.51. The van der Waals surface area contributed by atoms with Crippen LogP contribution in [0.5, 0.6) is 0 Å². The fraction of sp³-hybridized carbons (Fsp3) is 0.625. The standard InChI is InChI=1S/C24H38ClN3O/c1-6-28(7-2)12-8-9-18(5)27-24(29)14-19(13-17(3)4)22-16-26-23-11-10-20(25)15-21(22)23/h10-11,15-19,26H,6-9,12-14H2,1-5H3,(H,27,29)/t18-,19+/m1/s1. The molecule has 1 heterocycles. The zero-order valence-electron chi connectivity index (χ0n) is 18.7. The predicted octanol–water partition coefficient (Wildman–Crippen LogP) is 5.97. The molecule has 0 aliphatic heterocycles. The Morgan fingerprint density at radius 2 is 1.93 bits per heavy atom. The third-order valence-corrected chi connectivity index (χ3v) is 5.95. The normalized spacial score (nSPS) is 13.9. The number of carbonyl (C=O) groups excluding carboxylic acids is 1. The highest BCUT2D eigenvalue weighted by atomic mass is 35.5. The van der Waals surface area contributed by atoms with Gasteiger partial charge in [0.05, 0.1) is 0 Å². The number of benzene rings is 1. The molecule has 2 aromatic rings. The van der Waals surface area contributed by atoms with Gasteiger partial charge in [0.15, 0.2) is 0 Å². The Morgan fingerprint density at radius 1 is 1.21 bits per heavy atom. The van der Waals surface area contributed by atoms with Crippen LogP contribution in [0.2, 0.25) is 5.02 Å². The first-order chi connectivity index (χ1) is 13.8. The van der Waals surface area contributed by atoms with Gasteiger partial charge in [0.2, 0.25) is 5.91 Å². The van der Waals surface area contributed by atoms with E-state index in [0.29, 0.717) is 12.3 Å². The van der Waals surface area contributed by atoms with E-state index in [9.17, 15) is 4.79 Å². The third-order valence-electron chi connectivity index (χ3n) is 5.72. The summed E-state index contributed by atoms with van der Waals surface area (Å²) in [6.45, 7) is 14.2. The number of rotatable bonds is 12. The monoisotopic (exact) mass is 419 g/mol. The van der Waals surface area contributed by atoms with E-state index in [-0.39, 0.29) is 17.9 Å². The maximum absolute atomic E-state index is 12.8. The smallest absolute Gasteiger partial charge is 0.220 e. The fourth-order valence-corrected chi connectivity index (χ4v) is 4.30. The molecule has 0 aliphatic carbocycles. The number of carbonyl (C=O) groups is 1. The Labute approximate surface area is 181 Å². The number of amides is 1. The molecule has 1 amide bonds. The largest absolute Gasteiger partial charge is 0.361 e. The van der Waals surface area contributed by atoms with Gasteiger partial charge in [-0.05, 0) is 81.4 Å². The second kappa shape index (κ2) is 11.6. The van der Waals surface area contributed by atoms with Crippen molar-refractivity contribution in [3.05, 3.63) is 35.0 Å². The lowest BCUT2D eigenvalue weighted by molar-refractivity contribution is -0.122. The molecule has 2 atom stereocenters. The summed E-state index contributed by atoms with van der Waals surface area (Å²) in [5.41, 5.74) is 2.27. The van der Waals surface area contributed by atoms with Crippen molar-refractivity contribution in [1.29, 1.82) is 0 Å². The van der Waals surface area contributed by atoms with Crippen LogP contribution in [0, 0.1) is 5.92 Å². The van der Waals surface area contributed by atoms with Crippen molar-refractivity contribution in [2.24, 2.45) is 5.92 Å². The van der Waals surface area contributed by atoms with E-state index in [1.54, 1.807) is 0 Å². The van der Waals surface area contributed by atoms with Gasteiger partial charge in [-0.1, -0.05) is 39.3 Å². The first-order valence-corrected chi connectivity index (χ1v) is 11.5. The van der Waals surface area contributed by atoms with Crippen LogP contribution in [-0.4, -0.2) is 41.5 Å². The summed E-state index contributed by atoms with van der Waals surface area (Å²) in [4.78, 5) is 18.6. The van der Waals surface area contributed by atoms with Gasteiger partial charge in [0, 0.05) is 34.6 Å². The predicted molar refractivity (Wildman–Crippen MR) is 125 cm³/mol. The van der Waals surface area contributed by atoms with E-state index in [0.717, 1.165) is 54.8 Å². The molecule has 0 fully saturated rings. The SMILES string of the molecule is CCN(CC)CCC[C@@H](C)NC(=O)C[C@H](CC(C)C)c1c[nH]c2ccc(Cl)cc12. The number of aromatic amines is 1. The highest BCUT2D eigenvalue weighted by molar-refractivity contribution is 6.31. The maximum atomic E-state index is 12.8. The zero-order valence-corrected chi connectivity index (χ0v) is 19.5. The summed E-state index contributed by atoms with van der Waals surface area (Å²) in [5.74, 6) is 0.843. The third kappa shape index (κ3) is 7.35. The number of hydrogen-bond acceptors (Lipinski definition) is 2. The molecule has 1 aromatic carbocycles. The van der Waals surface area contributed by atoms with Crippen LogP contribution < -0.4 is 5.32 Å². The number of hydrogen-bond donors (Lipinski definition) is 2. The molecule has 0 aliphatic rings. The Morgan fingerprint density at radius 3 is 2.59 bits per heavy atom. The number of nitrogens with one attached hydrogen (secondary N) is 2. The van der Waals surface area contributed by atoms with Crippen LogP contribution in [-0.2, 0) is 4.79 Å². The molecular weight excluding hydrogens is 382 g/mol. The fourth-order valence-electron chi connectivity index (χ4n) is 4.13. The molecule has 162 valence electrons. The van der Waals surface area contributed by atoms with Crippen molar-refractivity contribution in [2.45, 2.75) is 72.3 Å². The van der Waals surface area contributed by atoms with Gasteiger partial charge >= 0.3 is 0 Å². The van der Waals surface area contributed by atoms with Gasteiger partial charge in [0.25, 0.3) is 0 Å². The number of H-pyrrole nitrogens is 1. The van der Waals surface area contributed by atoms with Gasteiger partial charge in [-0.15, -0.1) is 0 Å². The lowest BCUT2D eigenvalue weighted by Gasteiger charge is -2.22. The van der Waals surface area contributed by atoms with Crippen molar-refractivity contribution in [3.8, 4) is 0 Å². The minimum absolute atomic E-state index is 0.141. The summed E-state index contributed by atoms with van der Waals surface area (Å²) in [5, 5.41) is 5.08. The lowest BCUT2D eigenvalue weighted by Crippen LogP contribution is -2.34. The minimum Gasteiger partial charge on any atom is -0.361 e. The van der Waals surface area contributed by atoms with E-state index >= 15 is 0 Å². The second-order valence-corrected chi connectivity index (χ2v) is 9.04. The Hall–Kier alpha value is -1.52. The molecule has 2 N–H and O–H groups in total. The molecule has 2 rings (SSSR count). The van der Waals surface area contributed by atoms with Crippen LogP contribution in [0.4, 0.5) is 0 Å². The molecular formula is C24H38ClN3O. The molecule has 5 heteroatoms. The summed E-state index contributed by atoms with van der Waals surface area (Å²) >= 11 is 6.23. The van der Waals surface area contributed by atoms with Gasteiger partial charge in [0.1, 0.15) is 0 Å². The van der Waals surface area contributed by atoms with Gasteiger partial charge < -0.3 is 15.2 Å². The van der Waals surface area contributed by atoms with Gasteiger partial charge in [-0.2, -0.15) is 0 Å². The average molecular weight is 420 g/mol. The zero-order chi connectivity index (χ0) is 21.4. The van der Waals surface area contributed by atoms with Crippen molar-refractivity contribution in [1.82, 2.24) is 15.2 Å². The average Bonchev–Trinajstić information content (AvgIpc) is 3.07. The van der Waals surface area contributed by atoms with Crippen LogP contribution in [0.25, 0.3) is 10.9 Å². The molecule has 0 unspecified atom stereocenters. The Balaban J connectivity index is 1.98. The first kappa shape index (κ1) is 23.8. The topological polar surface area (TPSA) is 48.1 Å². The van der Waals surface area contributed by atoms with Crippen LogP contribution in [0.1, 0.15) is 71.8 Å². The number of aromatic nitrogens is 1. The molecule has 0 spiro atoms. The van der Waals surface area contributed by atoms with Crippen LogP contribution >= 0.6 is 11.6 Å². The summed E-state index contributed by atoms with van der Waals surface area (Å²) < 4.78 is 0. The Bertz CT molecular complexity index is 767. The molecule has 1 aromatic heterocycles. The number of halogens is 1. The molecule has 4 nitrogen and oxygen atoms in total. The van der Waals surface area contributed by atoms with E-state index < -0.39 is 0 Å². The molecule has 29 heavy (non-hydrogen) atoms. The van der Waals surface area contributed by atoms with E-state index in [1.165, 1.54) is 5.56 Å². The van der Waals surface area contributed by atoms with Crippen molar-refractivity contribution in [3.63, 3.8) is 0 Å².